The van der Waals surface area contributed by atoms with E-state index in [2.05, 4.69) is 10.6 Å². The van der Waals surface area contributed by atoms with Crippen molar-refractivity contribution < 1.29 is 42.5 Å². The number of β-amino-alcohol motifs (C(OH)–C–C–N with tert-alkyl or cyclic N) is 1. The molecule has 2 saturated carbocycles. The number of nitrogens with zero attached hydrogens (tertiary/aromatic N) is 1. The molecule has 0 aromatic heterocycles. The van der Waals surface area contributed by atoms with E-state index in [0.29, 0.717) is 64.3 Å². The fourth-order valence-corrected chi connectivity index (χ4v) is 10.8. The Labute approximate surface area is 327 Å². The lowest BCUT2D eigenvalue weighted by atomic mass is 9.83. The van der Waals surface area contributed by atoms with Crippen LogP contribution in [0.1, 0.15) is 96.5 Å². The molecule has 5 rings (SSSR count). The van der Waals surface area contributed by atoms with Gasteiger partial charge in [0.1, 0.15) is 18.2 Å². The van der Waals surface area contributed by atoms with Crippen molar-refractivity contribution in [2.24, 2.45) is 11.8 Å². The largest absolute Gasteiger partial charge is 0.463 e. The molecule has 0 radical (unpaired) electrons. The Kier molecular flexibility index (Phi) is 16.3. The molecule has 0 bridgehead atoms. The molecule has 4 N–H and O–H groups in total. The lowest BCUT2D eigenvalue weighted by molar-refractivity contribution is -0.145. The van der Waals surface area contributed by atoms with E-state index in [9.17, 15) is 33.0 Å². The predicted molar refractivity (Wildman–Crippen MR) is 212 cm³/mol. The molecule has 3 aliphatic rings. The number of morpholine rings is 1. The SMILES string of the molecule is CCCC[C@H](NC(=O)[C@H](Cc1cccc2ccccc12)CS(=O)(=O)C1CCC(OC(C)=O)C1)C(=O)N[C@@H](CC1CCCCC1)[C@@H](O)[C@@H](O)CN1CCOCC1. The molecule has 1 saturated heterocycles. The minimum absolute atomic E-state index is 0.144. The topological polar surface area (TPSA) is 172 Å². The Bertz CT molecular complexity index is 1660. The van der Waals surface area contributed by atoms with Gasteiger partial charge in [0, 0.05) is 33.0 Å². The Morgan fingerprint density at radius 3 is 2.40 bits per heavy atom. The molecule has 1 aliphatic heterocycles. The molecule has 2 amide bonds. The van der Waals surface area contributed by atoms with Gasteiger partial charge in [-0.2, -0.15) is 0 Å². The van der Waals surface area contributed by atoms with Crippen molar-refractivity contribution in [2.75, 3.05) is 38.6 Å². The summed E-state index contributed by atoms with van der Waals surface area (Å²) in [6, 6.07) is 11.8. The first-order valence-electron chi connectivity index (χ1n) is 20.6. The highest BCUT2D eigenvalue weighted by atomic mass is 32.2. The zero-order valence-corrected chi connectivity index (χ0v) is 33.5. The van der Waals surface area contributed by atoms with Gasteiger partial charge in [0.15, 0.2) is 9.84 Å². The summed E-state index contributed by atoms with van der Waals surface area (Å²) in [6.45, 7) is 5.98. The highest BCUT2D eigenvalue weighted by molar-refractivity contribution is 7.92. The Balaban J connectivity index is 1.36. The Hall–Kier alpha value is -3.10. The van der Waals surface area contributed by atoms with Gasteiger partial charge in [-0.3, -0.25) is 19.3 Å². The number of esters is 1. The van der Waals surface area contributed by atoms with Crippen LogP contribution < -0.4 is 10.6 Å². The fourth-order valence-electron chi connectivity index (χ4n) is 8.69. The number of ether oxygens (including phenoxy) is 2. The molecule has 1 heterocycles. The molecular weight excluding hydrogens is 723 g/mol. The molecule has 2 aliphatic carbocycles. The summed E-state index contributed by atoms with van der Waals surface area (Å²) in [7, 11) is -3.81. The molecular formula is C42H63N3O9S. The first-order chi connectivity index (χ1) is 26.4. The van der Waals surface area contributed by atoms with Gasteiger partial charge >= 0.3 is 5.97 Å². The lowest BCUT2D eigenvalue weighted by Gasteiger charge is -2.35. The smallest absolute Gasteiger partial charge is 0.302 e. The van der Waals surface area contributed by atoms with E-state index in [0.717, 1.165) is 54.9 Å². The molecule has 2 aromatic rings. The maximum absolute atomic E-state index is 14.4. The van der Waals surface area contributed by atoms with Gasteiger partial charge in [-0.05, 0) is 54.4 Å². The molecule has 306 valence electrons. The third-order valence-electron chi connectivity index (χ3n) is 11.8. The summed E-state index contributed by atoms with van der Waals surface area (Å²) in [4.78, 5) is 42.3. The highest BCUT2D eigenvalue weighted by Gasteiger charge is 2.40. The number of aliphatic hydroxyl groups is 2. The number of carbonyl (C=O) groups is 3. The van der Waals surface area contributed by atoms with Crippen LogP contribution in [-0.2, 0) is 40.1 Å². The quantitative estimate of drug-likeness (QED) is 0.152. The van der Waals surface area contributed by atoms with Crippen LogP contribution in [0.3, 0.4) is 0 Å². The molecule has 13 heteroatoms. The maximum atomic E-state index is 14.4. The second-order valence-electron chi connectivity index (χ2n) is 16.1. The second-order valence-corrected chi connectivity index (χ2v) is 18.4. The third-order valence-corrected chi connectivity index (χ3v) is 14.1. The highest BCUT2D eigenvalue weighted by Crippen LogP contribution is 2.31. The number of aliphatic hydroxyl groups excluding tert-OH is 2. The number of unbranched alkanes of at least 4 members (excludes halogenated alkanes) is 1. The monoisotopic (exact) mass is 785 g/mol. The first-order valence-corrected chi connectivity index (χ1v) is 22.3. The number of hydrogen-bond acceptors (Lipinski definition) is 10. The number of nitrogens with one attached hydrogen (secondary N) is 2. The van der Waals surface area contributed by atoms with Crippen molar-refractivity contribution in [3.63, 3.8) is 0 Å². The van der Waals surface area contributed by atoms with Gasteiger partial charge in [0.25, 0.3) is 0 Å². The number of fused-ring (bicyclic) bond motifs is 1. The molecule has 3 fully saturated rings. The fraction of sp³-hybridized carbons (Fsp3) is 0.690. The van der Waals surface area contributed by atoms with Crippen molar-refractivity contribution in [3.8, 4) is 0 Å². The van der Waals surface area contributed by atoms with E-state index in [4.69, 9.17) is 9.47 Å². The summed E-state index contributed by atoms with van der Waals surface area (Å²) in [5.74, 6) is -2.56. The summed E-state index contributed by atoms with van der Waals surface area (Å²) >= 11 is 0. The zero-order chi connectivity index (χ0) is 39.4. The molecule has 7 atom stereocenters. The van der Waals surface area contributed by atoms with Crippen LogP contribution in [0.25, 0.3) is 10.8 Å². The zero-order valence-electron chi connectivity index (χ0n) is 32.7. The standard InChI is InChI=1S/C42H63N3O9S/c1-3-4-17-37(42(50)44-38(24-30-11-6-5-7-12-30)40(48)39(47)27-45-20-22-53-23-21-45)43-41(49)33(25-32-15-10-14-31-13-8-9-16-36(31)32)28-55(51,52)35-19-18-34(26-35)54-29(2)46/h8-10,13-16,30,33-35,37-40,47-48H,3-7,11-12,17-28H2,1-2H3,(H,43,49)(H,44,50)/t33-,34?,35?,37+,38+,39+,40-/m1/s1. The number of sulfone groups is 1. The minimum atomic E-state index is -3.81. The first kappa shape index (κ1) is 43.0. The molecule has 55 heavy (non-hydrogen) atoms. The second kappa shape index (κ2) is 20.9. The van der Waals surface area contributed by atoms with E-state index in [-0.39, 0.29) is 19.4 Å². The number of hydrogen-bond donors (Lipinski definition) is 4. The summed E-state index contributed by atoms with van der Waals surface area (Å²) in [5, 5.41) is 29.9. The number of benzene rings is 2. The maximum Gasteiger partial charge on any atom is 0.302 e. The van der Waals surface area contributed by atoms with Crippen molar-refractivity contribution in [3.05, 3.63) is 48.0 Å². The Morgan fingerprint density at radius 1 is 0.945 bits per heavy atom. The van der Waals surface area contributed by atoms with Crippen LogP contribution in [0.5, 0.6) is 0 Å². The number of rotatable bonds is 19. The van der Waals surface area contributed by atoms with Crippen LogP contribution in [0.2, 0.25) is 0 Å². The van der Waals surface area contributed by atoms with Crippen molar-refractivity contribution >= 4 is 38.4 Å². The van der Waals surface area contributed by atoms with Gasteiger partial charge in [0.2, 0.25) is 11.8 Å². The minimum Gasteiger partial charge on any atom is -0.463 e. The lowest BCUT2D eigenvalue weighted by Crippen LogP contribution is -2.57. The molecule has 0 spiro atoms. The average molecular weight is 786 g/mol. The normalized spacial score (nSPS) is 22.7. The van der Waals surface area contributed by atoms with Crippen molar-refractivity contribution in [1.82, 2.24) is 15.5 Å². The van der Waals surface area contributed by atoms with Crippen LogP contribution in [0.15, 0.2) is 42.5 Å². The van der Waals surface area contributed by atoms with E-state index >= 15 is 0 Å². The van der Waals surface area contributed by atoms with Crippen LogP contribution >= 0.6 is 0 Å². The van der Waals surface area contributed by atoms with E-state index < -0.39 is 74.9 Å². The third kappa shape index (κ3) is 12.7. The van der Waals surface area contributed by atoms with Gasteiger partial charge in [-0.1, -0.05) is 94.3 Å². The average Bonchev–Trinajstić information content (AvgIpc) is 3.65. The van der Waals surface area contributed by atoms with Gasteiger partial charge in [-0.15, -0.1) is 0 Å². The van der Waals surface area contributed by atoms with Crippen LogP contribution in [0.4, 0.5) is 0 Å². The predicted octanol–water partition coefficient (Wildman–Crippen LogP) is 4.08. The summed E-state index contributed by atoms with van der Waals surface area (Å²) in [6.07, 6.45) is 5.87. The summed E-state index contributed by atoms with van der Waals surface area (Å²) in [5.41, 5.74) is 0.831. The van der Waals surface area contributed by atoms with E-state index in [1.807, 2.05) is 54.3 Å². The van der Waals surface area contributed by atoms with Gasteiger partial charge < -0.3 is 30.3 Å². The molecule has 2 aromatic carbocycles. The molecule has 12 nitrogen and oxygen atoms in total. The van der Waals surface area contributed by atoms with Gasteiger partial charge in [-0.25, -0.2) is 8.42 Å². The van der Waals surface area contributed by atoms with E-state index in [1.54, 1.807) is 0 Å². The number of amides is 2. The van der Waals surface area contributed by atoms with Gasteiger partial charge in [0.05, 0.1) is 42.3 Å². The van der Waals surface area contributed by atoms with Crippen molar-refractivity contribution in [1.29, 1.82) is 0 Å². The van der Waals surface area contributed by atoms with Crippen molar-refractivity contribution in [2.45, 2.75) is 133 Å². The molecule has 2 unspecified atom stereocenters. The van der Waals surface area contributed by atoms with Crippen LogP contribution in [-0.4, -0.2) is 116 Å². The number of carbonyl (C=O) groups excluding carboxylic acids is 3. The Morgan fingerprint density at radius 2 is 1.67 bits per heavy atom. The van der Waals surface area contributed by atoms with Crippen LogP contribution in [0, 0.1) is 11.8 Å². The van der Waals surface area contributed by atoms with E-state index in [1.165, 1.54) is 6.92 Å². The summed E-state index contributed by atoms with van der Waals surface area (Å²) < 4.78 is 38.7.